The third kappa shape index (κ3) is 3.78. The second-order valence-electron chi connectivity index (χ2n) is 5.76. The first-order chi connectivity index (χ1) is 7.12. The lowest BCUT2D eigenvalue weighted by molar-refractivity contribution is -0.147. The number of hydrogen-bond donors (Lipinski definition) is 0. The molecule has 3 heteroatoms. The van der Waals surface area contributed by atoms with E-state index in [1.807, 2.05) is 6.92 Å². The van der Waals surface area contributed by atoms with Gasteiger partial charge in [-0.05, 0) is 26.3 Å². The first-order valence-corrected chi connectivity index (χ1v) is 5.92. The number of ether oxygens (including phenoxy) is 1. The Morgan fingerprint density at radius 2 is 1.62 bits per heavy atom. The van der Waals surface area contributed by atoms with Crippen molar-refractivity contribution in [2.45, 2.75) is 53.6 Å². The summed E-state index contributed by atoms with van der Waals surface area (Å²) in [7, 11) is 3.51. The van der Waals surface area contributed by atoms with Crippen LogP contribution in [0.3, 0.4) is 0 Å². The van der Waals surface area contributed by atoms with Crippen molar-refractivity contribution in [3.8, 4) is 0 Å². The van der Waals surface area contributed by atoms with Gasteiger partial charge in [0.2, 0.25) is 0 Å². The lowest BCUT2D eigenvalue weighted by Gasteiger charge is -2.40. The van der Waals surface area contributed by atoms with E-state index in [1.54, 1.807) is 0 Å². The highest BCUT2D eigenvalue weighted by Gasteiger charge is 2.31. The van der Waals surface area contributed by atoms with Gasteiger partial charge in [0.1, 0.15) is 0 Å². The summed E-state index contributed by atoms with van der Waals surface area (Å²) < 4.78 is 4.78. The van der Waals surface area contributed by atoms with Gasteiger partial charge in [0.05, 0.1) is 13.0 Å². The van der Waals surface area contributed by atoms with E-state index in [0.29, 0.717) is 6.04 Å². The van der Waals surface area contributed by atoms with Crippen molar-refractivity contribution in [3.63, 3.8) is 0 Å². The Hall–Kier alpha value is -0.570. The average Bonchev–Trinajstić information content (AvgIpc) is 2.22. The summed E-state index contributed by atoms with van der Waals surface area (Å²) in [4.78, 5) is 13.7. The largest absolute Gasteiger partial charge is 0.469 e. The topological polar surface area (TPSA) is 29.5 Å². The van der Waals surface area contributed by atoms with E-state index in [1.165, 1.54) is 7.11 Å². The molecule has 0 spiro atoms. The van der Waals surface area contributed by atoms with E-state index in [9.17, 15) is 4.79 Å². The van der Waals surface area contributed by atoms with Gasteiger partial charge in [-0.15, -0.1) is 0 Å². The van der Waals surface area contributed by atoms with Crippen LogP contribution in [0.1, 0.15) is 41.5 Å². The summed E-state index contributed by atoms with van der Waals surface area (Å²) >= 11 is 0. The van der Waals surface area contributed by atoms with E-state index in [-0.39, 0.29) is 23.3 Å². The maximum absolute atomic E-state index is 11.5. The first kappa shape index (κ1) is 15.4. The van der Waals surface area contributed by atoms with E-state index < -0.39 is 0 Å². The van der Waals surface area contributed by atoms with Crippen molar-refractivity contribution < 1.29 is 9.53 Å². The molecule has 3 atom stereocenters. The number of hydrogen-bond acceptors (Lipinski definition) is 3. The van der Waals surface area contributed by atoms with Crippen molar-refractivity contribution in [3.05, 3.63) is 0 Å². The molecule has 0 rings (SSSR count). The molecule has 0 saturated carbocycles. The lowest BCUT2D eigenvalue weighted by Crippen LogP contribution is -2.48. The Balaban J connectivity index is 4.61. The van der Waals surface area contributed by atoms with Gasteiger partial charge in [0, 0.05) is 12.1 Å². The highest BCUT2D eigenvalue weighted by Crippen LogP contribution is 2.26. The fourth-order valence-electron chi connectivity index (χ4n) is 1.70. The third-order valence-electron chi connectivity index (χ3n) is 3.80. The van der Waals surface area contributed by atoms with Crippen molar-refractivity contribution in [1.82, 2.24) is 4.90 Å². The van der Waals surface area contributed by atoms with Crippen LogP contribution in [-0.2, 0) is 9.53 Å². The molecule has 0 heterocycles. The van der Waals surface area contributed by atoms with Crippen molar-refractivity contribution in [1.29, 1.82) is 0 Å². The molecule has 0 aromatic carbocycles. The quantitative estimate of drug-likeness (QED) is 0.694. The molecule has 0 fully saturated rings. The van der Waals surface area contributed by atoms with Gasteiger partial charge >= 0.3 is 5.97 Å². The van der Waals surface area contributed by atoms with Crippen LogP contribution in [0.4, 0.5) is 0 Å². The monoisotopic (exact) mass is 229 g/mol. The molecule has 0 aliphatic carbocycles. The first-order valence-electron chi connectivity index (χ1n) is 5.92. The van der Waals surface area contributed by atoms with Gasteiger partial charge in [-0.2, -0.15) is 0 Å². The minimum absolute atomic E-state index is 0.0974. The zero-order valence-corrected chi connectivity index (χ0v) is 12.0. The Morgan fingerprint density at radius 3 is 1.94 bits per heavy atom. The van der Waals surface area contributed by atoms with E-state index in [2.05, 4.69) is 46.6 Å². The number of esters is 1. The van der Waals surface area contributed by atoms with Crippen LogP contribution in [0.2, 0.25) is 0 Å². The smallest absolute Gasteiger partial charge is 0.309 e. The molecule has 0 radical (unpaired) electrons. The highest BCUT2D eigenvalue weighted by atomic mass is 16.5. The maximum Gasteiger partial charge on any atom is 0.309 e. The summed E-state index contributed by atoms with van der Waals surface area (Å²) in [6.07, 6.45) is 0. The summed E-state index contributed by atoms with van der Waals surface area (Å²) in [5, 5.41) is 0. The van der Waals surface area contributed by atoms with Gasteiger partial charge in [-0.1, -0.05) is 27.7 Å². The van der Waals surface area contributed by atoms with Gasteiger partial charge in [-0.25, -0.2) is 0 Å². The zero-order chi connectivity index (χ0) is 13.1. The Bertz CT molecular complexity index is 233. The lowest BCUT2D eigenvalue weighted by atomic mass is 9.85. The molecular formula is C13H27NO2. The van der Waals surface area contributed by atoms with Crippen LogP contribution in [0.25, 0.3) is 0 Å². The highest BCUT2D eigenvalue weighted by molar-refractivity contribution is 5.72. The number of carbonyl (C=O) groups is 1. The molecule has 96 valence electrons. The molecule has 0 aromatic rings. The molecule has 0 bridgehead atoms. The van der Waals surface area contributed by atoms with Crippen LogP contribution in [-0.4, -0.2) is 37.1 Å². The molecule has 3 nitrogen and oxygen atoms in total. The fourth-order valence-corrected chi connectivity index (χ4v) is 1.70. The van der Waals surface area contributed by atoms with Crippen molar-refractivity contribution in [2.24, 2.45) is 11.3 Å². The molecule has 0 N–H and O–H groups in total. The van der Waals surface area contributed by atoms with Crippen LogP contribution < -0.4 is 0 Å². The number of rotatable bonds is 4. The fraction of sp³-hybridized carbons (Fsp3) is 0.923. The minimum atomic E-state index is -0.138. The number of methoxy groups -OCH3 is 1. The van der Waals surface area contributed by atoms with Gasteiger partial charge < -0.3 is 4.74 Å². The Morgan fingerprint density at radius 1 is 1.19 bits per heavy atom. The molecule has 0 aromatic heterocycles. The van der Waals surface area contributed by atoms with Crippen LogP contribution >= 0.6 is 0 Å². The molecule has 0 amide bonds. The third-order valence-corrected chi connectivity index (χ3v) is 3.80. The van der Waals surface area contributed by atoms with E-state index in [0.717, 1.165) is 0 Å². The van der Waals surface area contributed by atoms with Gasteiger partial charge in [0.25, 0.3) is 0 Å². The summed E-state index contributed by atoms with van der Waals surface area (Å²) in [5.74, 6) is -0.236. The number of nitrogens with zero attached hydrogens (tertiary/aromatic N) is 1. The van der Waals surface area contributed by atoms with Crippen LogP contribution in [0.5, 0.6) is 0 Å². The predicted molar refractivity (Wildman–Crippen MR) is 67.3 cm³/mol. The van der Waals surface area contributed by atoms with Crippen LogP contribution in [0.15, 0.2) is 0 Å². The molecule has 0 saturated heterocycles. The second kappa shape index (κ2) is 5.67. The SMILES string of the molecule is COC(=O)C(C)C(C)N(C)C(C)C(C)(C)C. The Kier molecular flexibility index (Phi) is 5.47. The second-order valence-corrected chi connectivity index (χ2v) is 5.76. The molecule has 0 aliphatic heterocycles. The Labute approximate surface area is 100 Å². The predicted octanol–water partition coefficient (Wildman–Crippen LogP) is 2.55. The number of carbonyl (C=O) groups excluding carboxylic acids is 1. The average molecular weight is 229 g/mol. The van der Waals surface area contributed by atoms with Gasteiger partial charge in [0.15, 0.2) is 0 Å². The van der Waals surface area contributed by atoms with E-state index >= 15 is 0 Å². The minimum Gasteiger partial charge on any atom is -0.469 e. The normalized spacial score (nSPS) is 18.1. The van der Waals surface area contributed by atoms with Crippen LogP contribution in [0, 0.1) is 11.3 Å². The van der Waals surface area contributed by atoms with Gasteiger partial charge in [-0.3, -0.25) is 9.69 Å². The van der Waals surface area contributed by atoms with E-state index in [4.69, 9.17) is 4.74 Å². The summed E-state index contributed by atoms with van der Waals surface area (Å²) in [6, 6.07) is 0.594. The van der Waals surface area contributed by atoms with Crippen molar-refractivity contribution in [2.75, 3.05) is 14.2 Å². The summed E-state index contributed by atoms with van der Waals surface area (Å²) in [5.41, 5.74) is 0.207. The molecule has 16 heavy (non-hydrogen) atoms. The maximum atomic E-state index is 11.5. The molecule has 3 unspecified atom stereocenters. The van der Waals surface area contributed by atoms with Crippen molar-refractivity contribution >= 4 is 5.97 Å². The molecular weight excluding hydrogens is 202 g/mol. The molecule has 0 aliphatic rings. The zero-order valence-electron chi connectivity index (χ0n) is 12.0. The standard InChI is InChI=1S/C13H27NO2/c1-9(12(15)16-8)10(2)14(7)11(3)13(4,5)6/h9-11H,1-8H3. The summed E-state index contributed by atoms with van der Waals surface area (Å²) in [6.45, 7) is 12.8.